The highest BCUT2D eigenvalue weighted by Gasteiger charge is 2.51. The van der Waals surface area contributed by atoms with Crippen molar-refractivity contribution in [1.29, 1.82) is 0 Å². The van der Waals surface area contributed by atoms with Crippen LogP contribution in [0.4, 0.5) is 0 Å². The van der Waals surface area contributed by atoms with Crippen molar-refractivity contribution in [2.75, 3.05) is 14.1 Å². The van der Waals surface area contributed by atoms with Crippen molar-refractivity contribution < 1.29 is 9.90 Å². The van der Waals surface area contributed by atoms with Crippen LogP contribution in [0.1, 0.15) is 29.8 Å². The van der Waals surface area contributed by atoms with Crippen molar-refractivity contribution >= 4 is 5.78 Å². The molecule has 0 radical (unpaired) electrons. The Balaban J connectivity index is 2.54. The highest BCUT2D eigenvalue weighted by atomic mass is 16.3. The number of carbonyl (C=O) groups is 1. The van der Waals surface area contributed by atoms with Crippen LogP contribution >= 0.6 is 0 Å². The van der Waals surface area contributed by atoms with Gasteiger partial charge in [0.05, 0.1) is 5.54 Å². The van der Waals surface area contributed by atoms with Gasteiger partial charge in [0.25, 0.3) is 0 Å². The highest BCUT2D eigenvalue weighted by Crippen LogP contribution is 2.39. The SMILES string of the molecule is CN(C)C(C)(c1ccccc1)C(C)(O)C(=O)c1ccccc1. The minimum Gasteiger partial charge on any atom is -0.380 e. The van der Waals surface area contributed by atoms with Crippen LogP contribution in [0.25, 0.3) is 0 Å². The molecule has 2 unspecified atom stereocenters. The summed E-state index contributed by atoms with van der Waals surface area (Å²) in [5.74, 6) is -0.284. The molecule has 2 rings (SSSR count). The molecule has 0 spiro atoms. The fraction of sp³-hybridized carbons (Fsp3) is 0.316. The number of Topliss-reactive ketones (excluding diaryl/α,β-unsaturated/α-hetero) is 1. The van der Waals surface area contributed by atoms with Crippen molar-refractivity contribution in [3.8, 4) is 0 Å². The zero-order valence-electron chi connectivity index (χ0n) is 13.6. The van der Waals surface area contributed by atoms with E-state index >= 15 is 0 Å². The second kappa shape index (κ2) is 6.03. The number of benzene rings is 2. The fourth-order valence-corrected chi connectivity index (χ4v) is 2.83. The Morgan fingerprint density at radius 2 is 1.36 bits per heavy atom. The molecule has 22 heavy (non-hydrogen) atoms. The van der Waals surface area contributed by atoms with E-state index < -0.39 is 11.1 Å². The standard InChI is InChI=1S/C19H23NO2/c1-18(20(3)4,16-13-9-6-10-14-16)19(2,22)17(21)15-11-7-5-8-12-15/h5-14,22H,1-4H3. The van der Waals surface area contributed by atoms with E-state index in [1.807, 2.05) is 62.3 Å². The fourth-order valence-electron chi connectivity index (χ4n) is 2.83. The monoisotopic (exact) mass is 297 g/mol. The molecule has 0 aliphatic heterocycles. The zero-order chi connectivity index (χ0) is 16.4. The van der Waals surface area contributed by atoms with Crippen LogP contribution in [0.2, 0.25) is 0 Å². The first-order chi connectivity index (χ1) is 10.3. The first-order valence-electron chi connectivity index (χ1n) is 7.37. The molecule has 0 fully saturated rings. The van der Waals surface area contributed by atoms with Gasteiger partial charge in [-0.2, -0.15) is 0 Å². The van der Waals surface area contributed by atoms with Crippen LogP contribution < -0.4 is 0 Å². The van der Waals surface area contributed by atoms with Gasteiger partial charge in [0, 0.05) is 5.56 Å². The summed E-state index contributed by atoms with van der Waals surface area (Å²) in [7, 11) is 3.75. The first kappa shape index (κ1) is 16.4. The molecule has 0 amide bonds. The molecule has 0 aromatic heterocycles. The van der Waals surface area contributed by atoms with Crippen LogP contribution in [-0.2, 0) is 5.54 Å². The van der Waals surface area contributed by atoms with Crippen LogP contribution in [0.3, 0.4) is 0 Å². The molecule has 0 bridgehead atoms. The lowest BCUT2D eigenvalue weighted by Crippen LogP contribution is -2.60. The molecule has 0 saturated heterocycles. The van der Waals surface area contributed by atoms with E-state index in [1.165, 1.54) is 0 Å². The van der Waals surface area contributed by atoms with Gasteiger partial charge in [-0.3, -0.25) is 9.69 Å². The molecule has 0 aliphatic rings. The van der Waals surface area contributed by atoms with Crippen LogP contribution in [0.15, 0.2) is 60.7 Å². The number of nitrogens with zero attached hydrogens (tertiary/aromatic N) is 1. The third kappa shape index (κ3) is 2.58. The number of likely N-dealkylation sites (N-methyl/N-ethyl adjacent to an activating group) is 1. The lowest BCUT2D eigenvalue weighted by Gasteiger charge is -2.47. The summed E-state index contributed by atoms with van der Waals surface area (Å²) in [6.07, 6.45) is 0. The van der Waals surface area contributed by atoms with E-state index in [0.717, 1.165) is 5.56 Å². The normalized spacial score (nSPS) is 16.8. The van der Waals surface area contributed by atoms with E-state index in [1.54, 1.807) is 31.2 Å². The molecule has 1 N–H and O–H groups in total. The van der Waals surface area contributed by atoms with Crippen molar-refractivity contribution in [3.05, 3.63) is 71.8 Å². The Hall–Kier alpha value is -1.97. The van der Waals surface area contributed by atoms with Crippen molar-refractivity contribution in [3.63, 3.8) is 0 Å². The quantitative estimate of drug-likeness (QED) is 0.862. The summed E-state index contributed by atoms with van der Waals surface area (Å²) in [6.45, 7) is 3.48. The van der Waals surface area contributed by atoms with E-state index in [9.17, 15) is 9.90 Å². The summed E-state index contributed by atoms with van der Waals surface area (Å²) in [6, 6.07) is 18.6. The van der Waals surface area contributed by atoms with Crippen LogP contribution in [0.5, 0.6) is 0 Å². The van der Waals surface area contributed by atoms with Crippen LogP contribution in [-0.4, -0.2) is 35.5 Å². The van der Waals surface area contributed by atoms with Gasteiger partial charge in [-0.15, -0.1) is 0 Å². The Labute approximate surface area is 132 Å². The largest absolute Gasteiger partial charge is 0.380 e. The summed E-state index contributed by atoms with van der Waals surface area (Å²) in [4.78, 5) is 14.8. The smallest absolute Gasteiger partial charge is 0.196 e. The third-order valence-electron chi connectivity index (χ3n) is 4.66. The molecular formula is C19H23NO2. The maximum Gasteiger partial charge on any atom is 0.196 e. The maximum atomic E-state index is 12.9. The Morgan fingerprint density at radius 3 is 1.82 bits per heavy atom. The molecule has 0 heterocycles. The topological polar surface area (TPSA) is 40.5 Å². The van der Waals surface area contributed by atoms with Gasteiger partial charge in [-0.05, 0) is 33.5 Å². The molecule has 3 nitrogen and oxygen atoms in total. The lowest BCUT2D eigenvalue weighted by atomic mass is 9.72. The summed E-state index contributed by atoms with van der Waals surface area (Å²) in [5, 5.41) is 11.2. The average Bonchev–Trinajstić information content (AvgIpc) is 2.54. The van der Waals surface area contributed by atoms with Crippen molar-refractivity contribution in [2.24, 2.45) is 0 Å². The third-order valence-corrected chi connectivity index (χ3v) is 4.66. The predicted octanol–water partition coefficient (Wildman–Crippen LogP) is 3.10. The maximum absolute atomic E-state index is 12.9. The minimum atomic E-state index is -1.57. The lowest BCUT2D eigenvalue weighted by molar-refractivity contribution is -0.0566. The zero-order valence-corrected chi connectivity index (χ0v) is 13.6. The van der Waals surface area contributed by atoms with Gasteiger partial charge < -0.3 is 5.11 Å². The Kier molecular flexibility index (Phi) is 4.50. The number of carbonyl (C=O) groups excluding carboxylic acids is 1. The Morgan fingerprint density at radius 1 is 0.909 bits per heavy atom. The molecular weight excluding hydrogens is 274 g/mol. The van der Waals surface area contributed by atoms with E-state index in [0.29, 0.717) is 5.56 Å². The van der Waals surface area contributed by atoms with Gasteiger partial charge in [-0.25, -0.2) is 0 Å². The summed E-state index contributed by atoms with van der Waals surface area (Å²) >= 11 is 0. The molecule has 2 aromatic carbocycles. The molecule has 116 valence electrons. The van der Waals surface area contributed by atoms with Crippen molar-refractivity contribution in [1.82, 2.24) is 4.90 Å². The van der Waals surface area contributed by atoms with Gasteiger partial charge >= 0.3 is 0 Å². The molecule has 0 saturated carbocycles. The number of rotatable bonds is 5. The highest BCUT2D eigenvalue weighted by molar-refractivity contribution is 6.03. The van der Waals surface area contributed by atoms with Crippen molar-refractivity contribution in [2.45, 2.75) is 25.0 Å². The van der Waals surface area contributed by atoms with Gasteiger partial charge in [0.1, 0.15) is 5.60 Å². The summed E-state index contributed by atoms with van der Waals surface area (Å²) < 4.78 is 0. The predicted molar refractivity (Wildman–Crippen MR) is 88.9 cm³/mol. The van der Waals surface area contributed by atoms with Crippen LogP contribution in [0, 0.1) is 0 Å². The molecule has 3 heteroatoms. The summed E-state index contributed by atoms with van der Waals surface area (Å²) in [5.41, 5.74) is -1.01. The second-order valence-electron chi connectivity index (χ2n) is 6.10. The number of ketones is 1. The van der Waals surface area contributed by atoms with Gasteiger partial charge in [0.15, 0.2) is 5.78 Å². The van der Waals surface area contributed by atoms with Gasteiger partial charge in [-0.1, -0.05) is 60.7 Å². The molecule has 0 aliphatic carbocycles. The van der Waals surface area contributed by atoms with Gasteiger partial charge in [0.2, 0.25) is 0 Å². The number of hydrogen-bond acceptors (Lipinski definition) is 3. The number of hydrogen-bond donors (Lipinski definition) is 1. The second-order valence-corrected chi connectivity index (χ2v) is 6.10. The van der Waals surface area contributed by atoms with E-state index in [4.69, 9.17) is 0 Å². The molecule has 2 aromatic rings. The average molecular weight is 297 g/mol. The Bertz CT molecular complexity index is 635. The number of aliphatic hydroxyl groups is 1. The first-order valence-corrected chi connectivity index (χ1v) is 7.37. The van der Waals surface area contributed by atoms with E-state index in [2.05, 4.69) is 0 Å². The van der Waals surface area contributed by atoms with E-state index in [-0.39, 0.29) is 5.78 Å². The minimum absolute atomic E-state index is 0.284. The molecule has 2 atom stereocenters.